The quantitative estimate of drug-likeness (QED) is 0.660. The Morgan fingerprint density at radius 3 is 2.35 bits per heavy atom. The molecule has 4 aliphatic heterocycles. The molecule has 1 aromatic rings. The SMILES string of the molecule is CN1C=C2C3=CC=C(CCc4ccc(cc4)CC3)N2[CH-]1. The van der Waals surface area contributed by atoms with Gasteiger partial charge in [0, 0.05) is 5.70 Å². The maximum atomic E-state index is 2.36. The minimum atomic E-state index is 1.09. The van der Waals surface area contributed by atoms with Crippen molar-refractivity contribution in [2.45, 2.75) is 25.7 Å². The molecule has 0 atom stereocenters. The van der Waals surface area contributed by atoms with Gasteiger partial charge < -0.3 is 9.80 Å². The lowest BCUT2D eigenvalue weighted by atomic mass is 9.95. The molecule has 4 heterocycles. The van der Waals surface area contributed by atoms with Crippen molar-refractivity contribution in [1.29, 1.82) is 0 Å². The van der Waals surface area contributed by atoms with Crippen LogP contribution in [0.25, 0.3) is 0 Å². The Morgan fingerprint density at radius 2 is 1.60 bits per heavy atom. The number of hydrogen-bond acceptors (Lipinski definition) is 2. The maximum absolute atomic E-state index is 2.36. The average Bonchev–Trinajstić information content (AvgIpc) is 2.83. The van der Waals surface area contributed by atoms with Crippen molar-refractivity contribution >= 4 is 0 Å². The van der Waals surface area contributed by atoms with E-state index in [9.17, 15) is 0 Å². The average molecular weight is 263 g/mol. The first-order chi connectivity index (χ1) is 9.79. The summed E-state index contributed by atoms with van der Waals surface area (Å²) in [7, 11) is 2.11. The van der Waals surface area contributed by atoms with Crippen LogP contribution < -0.4 is 0 Å². The fourth-order valence-corrected chi connectivity index (χ4v) is 3.20. The topological polar surface area (TPSA) is 6.48 Å². The van der Waals surface area contributed by atoms with Gasteiger partial charge in [-0.05, 0) is 67.4 Å². The molecule has 7 rings (SSSR count). The van der Waals surface area contributed by atoms with Gasteiger partial charge in [0.1, 0.15) is 0 Å². The monoisotopic (exact) mass is 263 g/mol. The highest BCUT2D eigenvalue weighted by Crippen LogP contribution is 2.36. The molecule has 0 amide bonds. The number of nitrogens with zero attached hydrogens (tertiary/aromatic N) is 2. The van der Waals surface area contributed by atoms with Crippen molar-refractivity contribution in [3.63, 3.8) is 0 Å². The predicted molar refractivity (Wildman–Crippen MR) is 81.2 cm³/mol. The van der Waals surface area contributed by atoms with Crippen molar-refractivity contribution in [2.75, 3.05) is 7.05 Å². The van der Waals surface area contributed by atoms with E-state index in [0.717, 1.165) is 25.7 Å². The Balaban J connectivity index is 1.74. The summed E-state index contributed by atoms with van der Waals surface area (Å²) in [6.45, 7) is 2.20. The lowest BCUT2D eigenvalue weighted by molar-refractivity contribution is 0.411. The molecule has 0 N–H and O–H groups in total. The third kappa shape index (κ3) is 1.96. The van der Waals surface area contributed by atoms with E-state index in [1.807, 2.05) is 0 Å². The van der Waals surface area contributed by atoms with Gasteiger partial charge in [-0.2, -0.15) is 6.67 Å². The Kier molecular flexibility index (Phi) is 2.69. The van der Waals surface area contributed by atoms with Crippen molar-refractivity contribution < 1.29 is 0 Å². The molecule has 0 saturated carbocycles. The third-order valence-corrected chi connectivity index (χ3v) is 4.37. The molecule has 0 saturated heterocycles. The zero-order chi connectivity index (χ0) is 13.5. The van der Waals surface area contributed by atoms with Gasteiger partial charge >= 0.3 is 0 Å². The van der Waals surface area contributed by atoms with Gasteiger partial charge in [-0.25, -0.2) is 0 Å². The summed E-state index contributed by atoms with van der Waals surface area (Å²) in [5.74, 6) is 0. The molecule has 2 nitrogen and oxygen atoms in total. The van der Waals surface area contributed by atoms with Crippen molar-refractivity contribution in [3.8, 4) is 0 Å². The molecule has 0 fully saturated rings. The summed E-state index contributed by atoms with van der Waals surface area (Å²) in [5.41, 5.74) is 7.07. The summed E-state index contributed by atoms with van der Waals surface area (Å²) in [6, 6.07) is 9.16. The predicted octanol–water partition coefficient (Wildman–Crippen LogP) is 3.60. The van der Waals surface area contributed by atoms with E-state index < -0.39 is 0 Å². The van der Waals surface area contributed by atoms with Crippen LogP contribution in [0.15, 0.2) is 59.6 Å². The summed E-state index contributed by atoms with van der Waals surface area (Å²) >= 11 is 0. The fourth-order valence-electron chi connectivity index (χ4n) is 3.20. The lowest BCUT2D eigenvalue weighted by Gasteiger charge is -2.39. The second kappa shape index (κ2) is 4.55. The van der Waals surface area contributed by atoms with Crippen LogP contribution in [-0.4, -0.2) is 16.8 Å². The zero-order valence-electron chi connectivity index (χ0n) is 11.8. The number of rotatable bonds is 0. The highest BCUT2D eigenvalue weighted by Gasteiger charge is 2.20. The van der Waals surface area contributed by atoms with Gasteiger partial charge in [-0.1, -0.05) is 30.3 Å². The van der Waals surface area contributed by atoms with Crippen LogP contribution in [-0.2, 0) is 12.8 Å². The van der Waals surface area contributed by atoms with E-state index in [-0.39, 0.29) is 0 Å². The number of aryl methyl sites for hydroxylation is 2. The van der Waals surface area contributed by atoms with Crippen LogP contribution in [0.2, 0.25) is 0 Å². The van der Waals surface area contributed by atoms with E-state index in [0.29, 0.717) is 0 Å². The van der Waals surface area contributed by atoms with E-state index >= 15 is 0 Å². The smallest absolute Gasteiger partial charge is 0.0295 e. The third-order valence-electron chi connectivity index (χ3n) is 4.37. The maximum Gasteiger partial charge on any atom is 0.0295 e. The molecule has 6 aliphatic rings. The first kappa shape index (κ1) is 11.8. The Morgan fingerprint density at radius 1 is 0.900 bits per heavy atom. The highest BCUT2D eigenvalue weighted by molar-refractivity contribution is 5.44. The molecule has 1 aromatic carbocycles. The van der Waals surface area contributed by atoms with Gasteiger partial charge in [0.2, 0.25) is 0 Å². The van der Waals surface area contributed by atoms with Crippen LogP contribution in [0.4, 0.5) is 0 Å². The second-order valence-electron chi connectivity index (χ2n) is 5.83. The van der Waals surface area contributed by atoms with E-state index in [1.165, 1.54) is 28.1 Å². The normalized spacial score (nSPS) is 20.9. The molecular weight excluding hydrogens is 244 g/mol. The van der Waals surface area contributed by atoms with Crippen molar-refractivity contribution in [2.24, 2.45) is 0 Å². The number of hydrogen-bond donors (Lipinski definition) is 0. The molecule has 4 bridgehead atoms. The standard InChI is InChI=1S/C18H19N2/c1-19-12-18-16-8-6-14-2-4-15(5-3-14)7-10-17(11-9-16)20(18)13-19/h2-5,9,11-13H,6-8,10H2,1H3/q-1. The molecular formula is C18H19N2-. The Bertz CT molecular complexity index is 619. The second-order valence-corrected chi connectivity index (χ2v) is 5.83. The zero-order valence-corrected chi connectivity index (χ0v) is 11.8. The van der Waals surface area contributed by atoms with E-state index in [1.54, 1.807) is 0 Å². The Labute approximate surface area is 120 Å². The Hall–Kier alpha value is -1.96. The van der Waals surface area contributed by atoms with Crippen LogP contribution in [0.3, 0.4) is 0 Å². The molecule has 2 aliphatic carbocycles. The largest absolute Gasteiger partial charge is 0.510 e. The minimum Gasteiger partial charge on any atom is -0.510 e. The number of benzene rings is 1. The number of allylic oxidation sites excluding steroid dienone is 4. The van der Waals surface area contributed by atoms with E-state index in [4.69, 9.17) is 0 Å². The molecule has 0 unspecified atom stereocenters. The molecule has 0 aromatic heterocycles. The van der Waals surface area contributed by atoms with Gasteiger partial charge in [0.25, 0.3) is 0 Å². The summed E-state index contributed by atoms with van der Waals surface area (Å²) in [4.78, 5) is 4.52. The minimum absolute atomic E-state index is 1.09. The first-order valence-electron chi connectivity index (χ1n) is 7.35. The van der Waals surface area contributed by atoms with Crippen molar-refractivity contribution in [1.82, 2.24) is 9.80 Å². The molecule has 20 heavy (non-hydrogen) atoms. The van der Waals surface area contributed by atoms with Crippen LogP contribution >= 0.6 is 0 Å². The lowest BCUT2D eigenvalue weighted by Crippen LogP contribution is -2.23. The fraction of sp³-hybridized carbons (Fsp3) is 0.278. The van der Waals surface area contributed by atoms with E-state index in [2.05, 4.69) is 66.1 Å². The van der Waals surface area contributed by atoms with Gasteiger partial charge in [0.05, 0.1) is 0 Å². The highest BCUT2D eigenvalue weighted by atomic mass is 15.4. The van der Waals surface area contributed by atoms with Crippen LogP contribution in [0, 0.1) is 6.67 Å². The first-order valence-corrected chi connectivity index (χ1v) is 7.35. The van der Waals surface area contributed by atoms with Crippen LogP contribution in [0.5, 0.6) is 0 Å². The molecule has 2 heteroatoms. The van der Waals surface area contributed by atoms with Gasteiger partial charge in [-0.15, -0.1) is 0 Å². The van der Waals surface area contributed by atoms with Gasteiger partial charge in [0.15, 0.2) is 0 Å². The molecule has 0 spiro atoms. The molecule has 0 radical (unpaired) electrons. The van der Waals surface area contributed by atoms with Gasteiger partial charge in [-0.3, -0.25) is 0 Å². The summed E-state index contributed by atoms with van der Waals surface area (Å²) in [5, 5.41) is 0. The summed E-state index contributed by atoms with van der Waals surface area (Å²) in [6.07, 6.45) is 11.3. The molecule has 102 valence electrons. The van der Waals surface area contributed by atoms with Crippen molar-refractivity contribution in [3.05, 3.63) is 77.4 Å². The van der Waals surface area contributed by atoms with Crippen LogP contribution in [0.1, 0.15) is 24.0 Å². The summed E-state index contributed by atoms with van der Waals surface area (Å²) < 4.78 is 0.